The fraction of sp³-hybridized carbons (Fsp3) is 0.867. The van der Waals surface area contributed by atoms with Crippen molar-refractivity contribution in [1.29, 1.82) is 0 Å². The molecular weight excluding hydrogens is 254 g/mol. The van der Waals surface area contributed by atoms with Crippen LogP contribution in [0.2, 0.25) is 0 Å². The summed E-state index contributed by atoms with van der Waals surface area (Å²) in [5.41, 5.74) is 4.89. The predicted molar refractivity (Wildman–Crippen MR) is 78.1 cm³/mol. The van der Waals surface area contributed by atoms with E-state index in [9.17, 15) is 9.59 Å². The molecule has 1 saturated heterocycles. The van der Waals surface area contributed by atoms with Gasteiger partial charge in [0.25, 0.3) is 0 Å². The number of nitrogens with two attached hydrogens (primary N) is 1. The van der Waals surface area contributed by atoms with Crippen molar-refractivity contribution in [3.8, 4) is 0 Å². The molecule has 5 nitrogen and oxygen atoms in total. The second-order valence-electron chi connectivity index (χ2n) is 6.42. The summed E-state index contributed by atoms with van der Waals surface area (Å²) in [5.74, 6) is 0.0688. The first-order valence-electron chi connectivity index (χ1n) is 7.84. The summed E-state index contributed by atoms with van der Waals surface area (Å²) in [6.07, 6.45) is 7.11. The van der Waals surface area contributed by atoms with Gasteiger partial charge in [-0.1, -0.05) is 26.7 Å². The highest BCUT2D eigenvalue weighted by Crippen LogP contribution is 2.41. The topological polar surface area (TPSA) is 75.4 Å². The zero-order chi connectivity index (χ0) is 14.8. The van der Waals surface area contributed by atoms with Crippen molar-refractivity contribution in [2.24, 2.45) is 11.1 Å². The molecule has 20 heavy (non-hydrogen) atoms. The molecular formula is C15H27N3O2. The van der Waals surface area contributed by atoms with Gasteiger partial charge in [-0.25, -0.2) is 4.79 Å². The van der Waals surface area contributed by atoms with Crippen molar-refractivity contribution in [3.63, 3.8) is 0 Å². The normalized spacial score (nSPS) is 23.8. The smallest absolute Gasteiger partial charge is 0.313 e. The van der Waals surface area contributed by atoms with Crippen LogP contribution in [0.3, 0.4) is 0 Å². The molecule has 0 unspecified atom stereocenters. The van der Waals surface area contributed by atoms with E-state index in [0.717, 1.165) is 38.8 Å². The lowest BCUT2D eigenvalue weighted by molar-refractivity contribution is -0.134. The number of amides is 3. The van der Waals surface area contributed by atoms with E-state index in [0.29, 0.717) is 5.41 Å². The van der Waals surface area contributed by atoms with Gasteiger partial charge in [-0.05, 0) is 37.5 Å². The number of likely N-dealkylation sites (tertiary alicyclic amines) is 1. The first-order valence-corrected chi connectivity index (χ1v) is 7.84. The summed E-state index contributed by atoms with van der Waals surface area (Å²) in [7, 11) is 0. The van der Waals surface area contributed by atoms with Crippen LogP contribution in [-0.2, 0) is 4.79 Å². The van der Waals surface area contributed by atoms with Gasteiger partial charge in [0.05, 0.1) is 0 Å². The molecule has 1 heterocycles. The predicted octanol–water partition coefficient (Wildman–Crippen LogP) is 2.01. The summed E-state index contributed by atoms with van der Waals surface area (Å²) in [5, 5.41) is 2.64. The minimum Gasteiger partial charge on any atom is -0.352 e. The molecule has 0 aromatic heterocycles. The van der Waals surface area contributed by atoms with Gasteiger partial charge in [0, 0.05) is 13.1 Å². The van der Waals surface area contributed by atoms with Gasteiger partial charge in [0.2, 0.25) is 5.91 Å². The average molecular weight is 281 g/mol. The van der Waals surface area contributed by atoms with E-state index < -0.39 is 11.6 Å². The van der Waals surface area contributed by atoms with E-state index >= 15 is 0 Å². The molecule has 1 aliphatic carbocycles. The number of nitrogens with one attached hydrogen (secondary N) is 1. The molecule has 0 aromatic carbocycles. The Labute approximate surface area is 121 Å². The highest BCUT2D eigenvalue weighted by atomic mass is 16.2. The van der Waals surface area contributed by atoms with Crippen molar-refractivity contribution in [2.45, 2.75) is 64.3 Å². The van der Waals surface area contributed by atoms with Crippen LogP contribution in [0.15, 0.2) is 0 Å². The molecule has 0 radical (unpaired) electrons. The number of rotatable bonds is 4. The van der Waals surface area contributed by atoms with Crippen LogP contribution in [0.1, 0.15) is 58.8 Å². The number of carbonyl (C=O) groups excluding carboxylic acids is 2. The quantitative estimate of drug-likeness (QED) is 0.827. The van der Waals surface area contributed by atoms with E-state index in [1.54, 1.807) is 0 Å². The first-order chi connectivity index (χ1) is 9.47. The number of primary amides is 1. The number of nitrogens with zero attached hydrogens (tertiary/aromatic N) is 1. The molecule has 2 aliphatic rings. The molecule has 5 heteroatoms. The Balaban J connectivity index is 2.00. The number of carbonyl (C=O) groups is 2. The highest BCUT2D eigenvalue weighted by molar-refractivity contribution is 5.93. The first kappa shape index (κ1) is 15.1. The van der Waals surface area contributed by atoms with Crippen LogP contribution in [0, 0.1) is 5.41 Å². The standard InChI is InChI=1S/C15H27N3O2/c1-3-14(4-2)6-5-10-18(11-9-14)12(19)15(7-8-15)17-13(16)20/h3-11H2,1-2H3,(H3,16,17,20). The van der Waals surface area contributed by atoms with Crippen LogP contribution in [0.25, 0.3) is 0 Å². The van der Waals surface area contributed by atoms with Crippen LogP contribution in [0.5, 0.6) is 0 Å². The van der Waals surface area contributed by atoms with E-state index in [2.05, 4.69) is 19.2 Å². The summed E-state index contributed by atoms with van der Waals surface area (Å²) in [6, 6.07) is -0.595. The Morgan fingerprint density at radius 1 is 1.10 bits per heavy atom. The van der Waals surface area contributed by atoms with Gasteiger partial charge < -0.3 is 16.0 Å². The Hall–Kier alpha value is -1.26. The Morgan fingerprint density at radius 3 is 2.25 bits per heavy atom. The summed E-state index contributed by atoms with van der Waals surface area (Å²) in [4.78, 5) is 25.6. The third kappa shape index (κ3) is 2.91. The minimum atomic E-state index is -0.683. The molecule has 1 aliphatic heterocycles. The number of hydrogen-bond acceptors (Lipinski definition) is 2. The van der Waals surface area contributed by atoms with Gasteiger partial charge in [-0.2, -0.15) is 0 Å². The number of urea groups is 1. The fourth-order valence-electron chi connectivity index (χ4n) is 3.47. The largest absolute Gasteiger partial charge is 0.352 e. The maximum Gasteiger partial charge on any atom is 0.313 e. The van der Waals surface area contributed by atoms with Crippen molar-refractivity contribution < 1.29 is 9.59 Å². The lowest BCUT2D eigenvalue weighted by Gasteiger charge is -2.31. The van der Waals surface area contributed by atoms with Crippen molar-refractivity contribution in [2.75, 3.05) is 13.1 Å². The van der Waals surface area contributed by atoms with Crippen LogP contribution >= 0.6 is 0 Å². The van der Waals surface area contributed by atoms with E-state index in [-0.39, 0.29) is 5.91 Å². The summed E-state index contributed by atoms with van der Waals surface area (Å²) >= 11 is 0. The van der Waals surface area contributed by atoms with Gasteiger partial charge in [-0.3, -0.25) is 4.79 Å². The van der Waals surface area contributed by atoms with Crippen molar-refractivity contribution >= 4 is 11.9 Å². The maximum absolute atomic E-state index is 12.6. The van der Waals surface area contributed by atoms with Gasteiger partial charge in [0.1, 0.15) is 5.54 Å². The molecule has 3 amide bonds. The molecule has 2 fully saturated rings. The summed E-state index contributed by atoms with van der Waals surface area (Å²) < 4.78 is 0. The zero-order valence-corrected chi connectivity index (χ0v) is 12.7. The maximum atomic E-state index is 12.6. The Kier molecular flexibility index (Phi) is 4.25. The monoisotopic (exact) mass is 281 g/mol. The molecule has 1 saturated carbocycles. The molecule has 2 rings (SSSR count). The third-order valence-electron chi connectivity index (χ3n) is 5.36. The SMILES string of the molecule is CCC1(CC)CCCN(C(=O)C2(NC(N)=O)CC2)CC1. The lowest BCUT2D eigenvalue weighted by atomic mass is 9.76. The van der Waals surface area contributed by atoms with Gasteiger partial charge in [0.15, 0.2) is 0 Å². The third-order valence-corrected chi connectivity index (χ3v) is 5.36. The molecule has 3 N–H and O–H groups in total. The zero-order valence-electron chi connectivity index (χ0n) is 12.7. The van der Waals surface area contributed by atoms with Crippen LogP contribution < -0.4 is 11.1 Å². The summed E-state index contributed by atoms with van der Waals surface area (Å²) in [6.45, 7) is 6.11. The second kappa shape index (κ2) is 5.62. The second-order valence-corrected chi connectivity index (χ2v) is 6.42. The van der Waals surface area contributed by atoms with Gasteiger partial charge >= 0.3 is 6.03 Å². The Morgan fingerprint density at radius 2 is 1.75 bits per heavy atom. The van der Waals surface area contributed by atoms with E-state index in [1.165, 1.54) is 19.3 Å². The molecule has 0 bridgehead atoms. The highest BCUT2D eigenvalue weighted by Gasteiger charge is 2.53. The van der Waals surface area contributed by atoms with Crippen molar-refractivity contribution in [1.82, 2.24) is 10.2 Å². The van der Waals surface area contributed by atoms with Crippen molar-refractivity contribution in [3.05, 3.63) is 0 Å². The average Bonchev–Trinajstić information content (AvgIpc) is 3.21. The minimum absolute atomic E-state index is 0.0688. The Bertz CT molecular complexity index is 387. The molecule has 114 valence electrons. The number of hydrogen-bond donors (Lipinski definition) is 2. The molecule has 0 aromatic rings. The van der Waals surface area contributed by atoms with Crippen LogP contribution in [-0.4, -0.2) is 35.5 Å². The molecule has 0 atom stereocenters. The van der Waals surface area contributed by atoms with E-state index in [4.69, 9.17) is 5.73 Å². The molecule has 0 spiro atoms. The fourth-order valence-corrected chi connectivity index (χ4v) is 3.47. The van der Waals surface area contributed by atoms with E-state index in [1.807, 2.05) is 4.90 Å². The van der Waals surface area contributed by atoms with Crippen LogP contribution in [0.4, 0.5) is 4.79 Å². The lowest BCUT2D eigenvalue weighted by Crippen LogP contribution is -2.52. The van der Waals surface area contributed by atoms with Gasteiger partial charge in [-0.15, -0.1) is 0 Å².